The van der Waals surface area contributed by atoms with E-state index in [2.05, 4.69) is 27.7 Å². The lowest BCUT2D eigenvalue weighted by Gasteiger charge is -2.38. The Hall–Kier alpha value is -0.0800. The van der Waals surface area contributed by atoms with E-state index in [0.29, 0.717) is 0 Å². The lowest BCUT2D eigenvalue weighted by atomic mass is 9.72. The van der Waals surface area contributed by atoms with Crippen molar-refractivity contribution in [1.29, 1.82) is 0 Å². The van der Waals surface area contributed by atoms with Gasteiger partial charge in [0.1, 0.15) is 0 Å². The molecule has 0 spiro atoms. The quantitative estimate of drug-likeness (QED) is 0.544. The van der Waals surface area contributed by atoms with Crippen LogP contribution in [-0.2, 0) is 0 Å². The number of rotatable bonds is 11. The molecule has 0 aromatic carbocycles. The highest BCUT2D eigenvalue weighted by atomic mass is 14.7. The maximum atomic E-state index is 6.21. The van der Waals surface area contributed by atoms with Crippen LogP contribution in [0.1, 0.15) is 85.5 Å². The fourth-order valence-electron chi connectivity index (χ4n) is 2.09. The molecule has 4 N–H and O–H groups in total. The summed E-state index contributed by atoms with van der Waals surface area (Å²) in [6.07, 6.45) is 11.9. The normalized spacial score (nSPS) is 13.0. The van der Waals surface area contributed by atoms with Crippen molar-refractivity contribution in [2.45, 2.75) is 91.0 Å². The zero-order valence-corrected chi connectivity index (χ0v) is 13.2. The van der Waals surface area contributed by atoms with E-state index in [4.69, 9.17) is 11.5 Å². The maximum Gasteiger partial charge on any atom is 0.0148 e. The van der Waals surface area contributed by atoms with Gasteiger partial charge in [-0.3, -0.25) is 0 Å². The minimum Gasteiger partial charge on any atom is -0.330 e. The van der Waals surface area contributed by atoms with E-state index >= 15 is 0 Å². The molecule has 0 saturated carbocycles. The van der Waals surface area contributed by atoms with Gasteiger partial charge in [0.15, 0.2) is 0 Å². The van der Waals surface area contributed by atoms with E-state index in [1.807, 2.05) is 0 Å². The summed E-state index contributed by atoms with van der Waals surface area (Å²) in [5, 5.41) is 0. The van der Waals surface area contributed by atoms with E-state index in [1.165, 1.54) is 57.8 Å². The van der Waals surface area contributed by atoms with Crippen LogP contribution in [0.2, 0.25) is 0 Å². The van der Waals surface area contributed by atoms with Crippen molar-refractivity contribution < 1.29 is 0 Å². The van der Waals surface area contributed by atoms with E-state index in [9.17, 15) is 0 Å². The van der Waals surface area contributed by atoms with Crippen LogP contribution in [0, 0.1) is 5.41 Å². The molecule has 0 saturated heterocycles. The standard InChI is InChI=1S/C16H36N2/c1-15(2,16(3,4)18)13-11-9-7-5-6-8-10-12-14-17/h5-14,17-18H2,1-4H3. The molecule has 18 heavy (non-hydrogen) atoms. The first-order valence-corrected chi connectivity index (χ1v) is 7.80. The maximum absolute atomic E-state index is 6.21. The topological polar surface area (TPSA) is 52.0 Å². The molecular weight excluding hydrogens is 220 g/mol. The first-order chi connectivity index (χ1) is 8.31. The third-order valence-electron chi connectivity index (χ3n) is 4.50. The predicted octanol–water partition coefficient (Wildman–Crippen LogP) is 4.22. The summed E-state index contributed by atoms with van der Waals surface area (Å²) in [6.45, 7) is 9.72. The molecule has 0 bridgehead atoms. The van der Waals surface area contributed by atoms with Gasteiger partial charge in [0.25, 0.3) is 0 Å². The molecule has 110 valence electrons. The largest absolute Gasteiger partial charge is 0.330 e. The summed E-state index contributed by atoms with van der Waals surface area (Å²) in [5.74, 6) is 0. The second kappa shape index (κ2) is 8.92. The van der Waals surface area contributed by atoms with Crippen LogP contribution in [0.5, 0.6) is 0 Å². The Morgan fingerprint density at radius 3 is 1.44 bits per heavy atom. The Morgan fingerprint density at radius 1 is 0.667 bits per heavy atom. The first kappa shape index (κ1) is 17.9. The minimum atomic E-state index is -0.0742. The van der Waals surface area contributed by atoms with Crippen LogP contribution in [0.3, 0.4) is 0 Å². The minimum absolute atomic E-state index is 0.0742. The zero-order valence-electron chi connectivity index (χ0n) is 13.2. The Balaban J connectivity index is 3.41. The highest BCUT2D eigenvalue weighted by molar-refractivity contribution is 4.89. The van der Waals surface area contributed by atoms with Crippen molar-refractivity contribution in [3.05, 3.63) is 0 Å². The second-order valence-corrected chi connectivity index (χ2v) is 6.97. The summed E-state index contributed by atoms with van der Waals surface area (Å²) in [5.41, 5.74) is 11.9. The number of unbranched alkanes of at least 4 members (excludes halogenated alkanes) is 7. The Kier molecular flexibility index (Phi) is 8.89. The first-order valence-electron chi connectivity index (χ1n) is 7.80. The van der Waals surface area contributed by atoms with E-state index in [-0.39, 0.29) is 11.0 Å². The molecule has 0 unspecified atom stereocenters. The molecule has 0 aromatic rings. The number of hydrogen-bond acceptors (Lipinski definition) is 2. The van der Waals surface area contributed by atoms with Crippen LogP contribution in [0.4, 0.5) is 0 Å². The van der Waals surface area contributed by atoms with Gasteiger partial charge in [-0.15, -0.1) is 0 Å². The zero-order chi connectivity index (χ0) is 14.1. The molecule has 0 atom stereocenters. The number of nitrogens with two attached hydrogens (primary N) is 2. The smallest absolute Gasteiger partial charge is 0.0148 e. The summed E-state index contributed by atoms with van der Waals surface area (Å²) < 4.78 is 0. The Bertz CT molecular complexity index is 192. The summed E-state index contributed by atoms with van der Waals surface area (Å²) in [6, 6.07) is 0. The fraction of sp³-hybridized carbons (Fsp3) is 1.00. The lowest BCUT2D eigenvalue weighted by Crippen LogP contribution is -2.47. The highest BCUT2D eigenvalue weighted by Crippen LogP contribution is 2.33. The molecule has 0 aliphatic rings. The van der Waals surface area contributed by atoms with Gasteiger partial charge in [-0.25, -0.2) is 0 Å². The van der Waals surface area contributed by atoms with Gasteiger partial charge in [-0.05, 0) is 38.6 Å². The average Bonchev–Trinajstić information content (AvgIpc) is 2.25. The van der Waals surface area contributed by atoms with Gasteiger partial charge in [0, 0.05) is 5.54 Å². The van der Waals surface area contributed by atoms with Crippen molar-refractivity contribution in [2.75, 3.05) is 6.54 Å². The molecule has 0 amide bonds. The molecule has 2 heteroatoms. The van der Waals surface area contributed by atoms with Crippen molar-refractivity contribution >= 4 is 0 Å². The van der Waals surface area contributed by atoms with Crippen LogP contribution in [0.15, 0.2) is 0 Å². The molecule has 0 rings (SSSR count). The Labute approximate surface area is 115 Å². The van der Waals surface area contributed by atoms with Crippen LogP contribution in [-0.4, -0.2) is 12.1 Å². The molecule has 0 aliphatic carbocycles. The highest BCUT2D eigenvalue weighted by Gasteiger charge is 2.32. The van der Waals surface area contributed by atoms with Gasteiger partial charge in [-0.2, -0.15) is 0 Å². The van der Waals surface area contributed by atoms with E-state index in [0.717, 1.165) is 6.54 Å². The predicted molar refractivity (Wildman–Crippen MR) is 82.7 cm³/mol. The molecule has 0 fully saturated rings. The van der Waals surface area contributed by atoms with Crippen molar-refractivity contribution in [1.82, 2.24) is 0 Å². The van der Waals surface area contributed by atoms with E-state index in [1.54, 1.807) is 0 Å². The SMILES string of the molecule is CC(C)(N)C(C)(C)CCCCCCCCCCN. The van der Waals surface area contributed by atoms with Crippen LogP contribution >= 0.6 is 0 Å². The fourth-order valence-corrected chi connectivity index (χ4v) is 2.09. The molecule has 2 nitrogen and oxygen atoms in total. The van der Waals surface area contributed by atoms with Gasteiger partial charge in [-0.1, -0.05) is 58.8 Å². The van der Waals surface area contributed by atoms with Crippen LogP contribution in [0.25, 0.3) is 0 Å². The monoisotopic (exact) mass is 256 g/mol. The average molecular weight is 256 g/mol. The van der Waals surface area contributed by atoms with Crippen molar-refractivity contribution in [3.8, 4) is 0 Å². The molecule has 0 radical (unpaired) electrons. The van der Waals surface area contributed by atoms with Gasteiger partial charge < -0.3 is 11.5 Å². The summed E-state index contributed by atoms with van der Waals surface area (Å²) in [4.78, 5) is 0. The molecule has 0 aromatic heterocycles. The third-order valence-corrected chi connectivity index (χ3v) is 4.50. The second-order valence-electron chi connectivity index (χ2n) is 6.97. The van der Waals surface area contributed by atoms with Crippen molar-refractivity contribution in [3.63, 3.8) is 0 Å². The third kappa shape index (κ3) is 8.10. The van der Waals surface area contributed by atoms with Gasteiger partial charge in [0.2, 0.25) is 0 Å². The molecular formula is C16H36N2. The van der Waals surface area contributed by atoms with Gasteiger partial charge >= 0.3 is 0 Å². The summed E-state index contributed by atoms with van der Waals surface area (Å²) >= 11 is 0. The lowest BCUT2D eigenvalue weighted by molar-refractivity contribution is 0.180. The molecule has 0 heterocycles. The molecule has 0 aliphatic heterocycles. The van der Waals surface area contributed by atoms with Gasteiger partial charge in [0.05, 0.1) is 0 Å². The Morgan fingerprint density at radius 2 is 1.06 bits per heavy atom. The van der Waals surface area contributed by atoms with Crippen molar-refractivity contribution in [2.24, 2.45) is 16.9 Å². The summed E-state index contributed by atoms with van der Waals surface area (Å²) in [7, 11) is 0. The van der Waals surface area contributed by atoms with E-state index < -0.39 is 0 Å². The van der Waals surface area contributed by atoms with Crippen LogP contribution < -0.4 is 11.5 Å². The number of hydrogen-bond donors (Lipinski definition) is 2.